The van der Waals surface area contributed by atoms with Crippen molar-refractivity contribution in [2.24, 2.45) is 0 Å². The van der Waals surface area contributed by atoms with Crippen molar-refractivity contribution in [3.63, 3.8) is 0 Å². The number of anilines is 1. The van der Waals surface area contributed by atoms with Gasteiger partial charge in [-0.2, -0.15) is 0 Å². The minimum Gasteiger partial charge on any atom is -0.451 e. The van der Waals surface area contributed by atoms with Crippen LogP contribution in [0.3, 0.4) is 0 Å². The van der Waals surface area contributed by atoms with Gasteiger partial charge in [-0.25, -0.2) is 8.42 Å². The van der Waals surface area contributed by atoms with E-state index in [2.05, 4.69) is 26.0 Å². The third kappa shape index (κ3) is 4.08. The lowest BCUT2D eigenvalue weighted by atomic mass is 10.1. The van der Waals surface area contributed by atoms with Crippen LogP contribution in [-0.4, -0.2) is 20.6 Å². The number of fused-ring (bicyclic) bond motifs is 1. The summed E-state index contributed by atoms with van der Waals surface area (Å²) in [5.74, 6) is -0.115. The van der Waals surface area contributed by atoms with E-state index in [-0.39, 0.29) is 18.2 Å². The van der Waals surface area contributed by atoms with Crippen molar-refractivity contribution >= 4 is 48.5 Å². The number of aryl methyl sites for hydroxylation is 1. The van der Waals surface area contributed by atoms with E-state index in [1.807, 2.05) is 19.1 Å². The number of sulfonamides is 1. The van der Waals surface area contributed by atoms with Gasteiger partial charge in [-0.3, -0.25) is 9.52 Å². The fourth-order valence-corrected chi connectivity index (χ4v) is 3.60. The van der Waals surface area contributed by atoms with Gasteiger partial charge in [0.2, 0.25) is 10.0 Å². The van der Waals surface area contributed by atoms with Gasteiger partial charge in [-0.1, -0.05) is 34.1 Å². The van der Waals surface area contributed by atoms with Crippen molar-refractivity contribution in [2.75, 3.05) is 11.0 Å². The Labute approximate surface area is 159 Å². The van der Waals surface area contributed by atoms with Gasteiger partial charge in [0.25, 0.3) is 5.91 Å². The molecule has 2 N–H and O–H groups in total. The van der Waals surface area contributed by atoms with Gasteiger partial charge < -0.3 is 9.73 Å². The predicted molar refractivity (Wildman–Crippen MR) is 105 cm³/mol. The molecule has 0 aliphatic heterocycles. The zero-order valence-electron chi connectivity index (χ0n) is 14.2. The van der Waals surface area contributed by atoms with Crippen molar-refractivity contribution in [3.05, 3.63) is 63.8 Å². The first kappa shape index (κ1) is 18.5. The zero-order chi connectivity index (χ0) is 18.9. The smallest absolute Gasteiger partial charge is 0.287 e. The second-order valence-corrected chi connectivity index (χ2v) is 8.57. The SMILES string of the molecule is Cc1c(C(=O)NCc2ccccc2NS(C)(=O)=O)oc2ccc(Br)cc12. The van der Waals surface area contributed by atoms with Gasteiger partial charge in [0.15, 0.2) is 5.76 Å². The number of nitrogens with one attached hydrogen (secondary N) is 2. The number of rotatable bonds is 5. The molecule has 8 heteroatoms. The normalized spacial score (nSPS) is 11.5. The Bertz CT molecular complexity index is 1090. The van der Waals surface area contributed by atoms with Crippen molar-refractivity contribution in [1.82, 2.24) is 5.32 Å². The third-order valence-electron chi connectivity index (χ3n) is 3.86. The summed E-state index contributed by atoms with van der Waals surface area (Å²) in [6.45, 7) is 1.99. The average molecular weight is 437 g/mol. The number of halogens is 1. The fraction of sp³-hybridized carbons (Fsp3) is 0.167. The summed E-state index contributed by atoms with van der Waals surface area (Å²) in [6.07, 6.45) is 1.08. The molecule has 2 aromatic carbocycles. The molecule has 0 fully saturated rings. The second-order valence-electron chi connectivity index (χ2n) is 5.91. The third-order valence-corrected chi connectivity index (χ3v) is 4.94. The van der Waals surface area contributed by atoms with E-state index < -0.39 is 10.0 Å². The molecule has 0 saturated heterocycles. The highest BCUT2D eigenvalue weighted by atomic mass is 79.9. The van der Waals surface area contributed by atoms with E-state index >= 15 is 0 Å². The molecular weight excluding hydrogens is 420 g/mol. The van der Waals surface area contributed by atoms with E-state index in [0.717, 1.165) is 21.7 Å². The van der Waals surface area contributed by atoms with Crippen LogP contribution in [0.25, 0.3) is 11.0 Å². The minimum absolute atomic E-state index is 0.164. The lowest BCUT2D eigenvalue weighted by molar-refractivity contribution is 0.0924. The molecule has 0 unspecified atom stereocenters. The van der Waals surface area contributed by atoms with Crippen molar-refractivity contribution in [1.29, 1.82) is 0 Å². The van der Waals surface area contributed by atoms with Gasteiger partial charge in [-0.05, 0) is 36.8 Å². The Hall–Kier alpha value is -2.32. The number of benzene rings is 2. The summed E-state index contributed by atoms with van der Waals surface area (Å²) in [7, 11) is -3.40. The first-order valence-electron chi connectivity index (χ1n) is 7.77. The number of carbonyl (C=O) groups excluding carboxylic acids is 1. The number of para-hydroxylation sites is 1. The first-order chi connectivity index (χ1) is 12.2. The lowest BCUT2D eigenvalue weighted by Gasteiger charge is -2.11. The van der Waals surface area contributed by atoms with E-state index in [1.54, 1.807) is 30.3 Å². The molecule has 0 spiro atoms. The van der Waals surface area contributed by atoms with Crippen LogP contribution in [0.15, 0.2) is 51.4 Å². The lowest BCUT2D eigenvalue weighted by Crippen LogP contribution is -2.24. The summed E-state index contributed by atoms with van der Waals surface area (Å²) in [5, 5.41) is 3.64. The monoisotopic (exact) mass is 436 g/mol. The van der Waals surface area contributed by atoms with E-state index in [9.17, 15) is 13.2 Å². The maximum atomic E-state index is 12.5. The number of amides is 1. The number of carbonyl (C=O) groups is 1. The van der Waals surface area contributed by atoms with Gasteiger partial charge in [0.1, 0.15) is 5.58 Å². The standard InChI is InChI=1S/C18H17BrN2O4S/c1-11-14-9-13(19)7-8-16(14)25-17(11)18(22)20-10-12-5-3-4-6-15(12)21-26(2,23)24/h3-9,21H,10H2,1-2H3,(H,20,22). The van der Waals surface area contributed by atoms with Crippen molar-refractivity contribution in [2.45, 2.75) is 13.5 Å². The largest absolute Gasteiger partial charge is 0.451 e. The zero-order valence-corrected chi connectivity index (χ0v) is 16.6. The van der Waals surface area contributed by atoms with Crippen LogP contribution in [0, 0.1) is 6.92 Å². The molecule has 0 aliphatic carbocycles. The van der Waals surface area contributed by atoms with Crippen LogP contribution in [0.4, 0.5) is 5.69 Å². The molecule has 6 nitrogen and oxygen atoms in total. The minimum atomic E-state index is -3.40. The highest BCUT2D eigenvalue weighted by Gasteiger charge is 2.18. The summed E-state index contributed by atoms with van der Waals surface area (Å²) >= 11 is 3.41. The Morgan fingerprint density at radius 2 is 1.92 bits per heavy atom. The van der Waals surface area contributed by atoms with Crippen LogP contribution in [0.2, 0.25) is 0 Å². The Balaban J connectivity index is 1.81. The molecule has 0 atom stereocenters. The summed E-state index contributed by atoms with van der Waals surface area (Å²) in [5.41, 5.74) is 2.47. The molecule has 1 aromatic heterocycles. The molecule has 0 saturated carbocycles. The van der Waals surface area contributed by atoms with Crippen molar-refractivity contribution in [3.8, 4) is 0 Å². The quantitative estimate of drug-likeness (QED) is 0.636. The second kappa shape index (κ2) is 7.13. The Morgan fingerprint density at radius 1 is 1.19 bits per heavy atom. The van der Waals surface area contributed by atoms with E-state index in [0.29, 0.717) is 16.8 Å². The van der Waals surface area contributed by atoms with Crippen LogP contribution < -0.4 is 10.0 Å². The Morgan fingerprint density at radius 3 is 2.65 bits per heavy atom. The summed E-state index contributed by atoms with van der Waals surface area (Å²) < 4.78 is 32.0. The summed E-state index contributed by atoms with van der Waals surface area (Å²) in [4.78, 5) is 12.5. The van der Waals surface area contributed by atoms with E-state index in [4.69, 9.17) is 4.42 Å². The predicted octanol–water partition coefficient (Wildman–Crippen LogP) is 3.81. The van der Waals surface area contributed by atoms with Crippen LogP contribution in [0.1, 0.15) is 21.7 Å². The Kier molecular flexibility index (Phi) is 5.06. The average Bonchev–Trinajstić information content (AvgIpc) is 2.89. The van der Waals surface area contributed by atoms with Crippen LogP contribution in [-0.2, 0) is 16.6 Å². The number of hydrogen-bond donors (Lipinski definition) is 2. The van der Waals surface area contributed by atoms with Crippen molar-refractivity contribution < 1.29 is 17.6 Å². The number of hydrogen-bond acceptors (Lipinski definition) is 4. The molecule has 26 heavy (non-hydrogen) atoms. The topological polar surface area (TPSA) is 88.4 Å². The summed E-state index contributed by atoms with van der Waals surface area (Å²) in [6, 6.07) is 12.4. The molecular formula is C18H17BrN2O4S. The van der Waals surface area contributed by atoms with Gasteiger partial charge in [-0.15, -0.1) is 0 Å². The molecule has 3 rings (SSSR count). The van der Waals surface area contributed by atoms with Gasteiger partial charge >= 0.3 is 0 Å². The maximum absolute atomic E-state index is 12.5. The first-order valence-corrected chi connectivity index (χ1v) is 10.5. The fourth-order valence-electron chi connectivity index (χ4n) is 2.64. The molecule has 0 aliphatic rings. The molecule has 0 bridgehead atoms. The highest BCUT2D eigenvalue weighted by molar-refractivity contribution is 9.10. The van der Waals surface area contributed by atoms with E-state index in [1.165, 1.54) is 0 Å². The number of furan rings is 1. The molecule has 1 heterocycles. The molecule has 1 amide bonds. The molecule has 0 radical (unpaired) electrons. The van der Waals surface area contributed by atoms with Gasteiger partial charge in [0, 0.05) is 22.0 Å². The maximum Gasteiger partial charge on any atom is 0.287 e. The molecule has 3 aromatic rings. The highest BCUT2D eigenvalue weighted by Crippen LogP contribution is 2.28. The van der Waals surface area contributed by atoms with Gasteiger partial charge in [0.05, 0.1) is 11.9 Å². The van der Waals surface area contributed by atoms with Crippen LogP contribution in [0.5, 0.6) is 0 Å². The van der Waals surface area contributed by atoms with Crippen LogP contribution >= 0.6 is 15.9 Å². The molecule has 136 valence electrons.